The van der Waals surface area contributed by atoms with Gasteiger partial charge in [0.25, 0.3) is 5.91 Å². The molecular formula is C18H16BrF6N3O2. The number of pyridine rings is 2. The van der Waals surface area contributed by atoms with E-state index in [2.05, 4.69) is 25.9 Å². The maximum atomic E-state index is 12.7. The molecule has 0 saturated heterocycles. The highest BCUT2D eigenvalue weighted by molar-refractivity contribution is 9.10. The van der Waals surface area contributed by atoms with Crippen LogP contribution in [0.1, 0.15) is 35.5 Å². The van der Waals surface area contributed by atoms with Crippen LogP contribution in [0.2, 0.25) is 0 Å². The lowest BCUT2D eigenvalue weighted by Crippen LogP contribution is -2.42. The molecule has 0 radical (unpaired) electrons. The minimum atomic E-state index is -4.65. The fraction of sp³-hybridized carbons (Fsp3) is 0.389. The molecular weight excluding hydrogens is 484 g/mol. The van der Waals surface area contributed by atoms with Gasteiger partial charge in [0.1, 0.15) is 12.3 Å². The Balaban J connectivity index is 2.08. The first-order chi connectivity index (χ1) is 13.8. The average Bonchev–Trinajstić information content (AvgIpc) is 2.65. The van der Waals surface area contributed by atoms with Crippen molar-refractivity contribution in [2.45, 2.75) is 32.2 Å². The van der Waals surface area contributed by atoms with Crippen molar-refractivity contribution >= 4 is 21.8 Å². The molecule has 0 spiro atoms. The van der Waals surface area contributed by atoms with Gasteiger partial charge in [0.15, 0.2) is 0 Å². The van der Waals surface area contributed by atoms with Gasteiger partial charge in [0.05, 0.1) is 17.2 Å². The van der Waals surface area contributed by atoms with E-state index in [4.69, 9.17) is 4.74 Å². The van der Waals surface area contributed by atoms with Crippen molar-refractivity contribution in [3.8, 4) is 5.88 Å². The van der Waals surface area contributed by atoms with Gasteiger partial charge in [0, 0.05) is 29.5 Å². The molecule has 2 aromatic heterocycles. The fourth-order valence-corrected chi connectivity index (χ4v) is 2.97. The van der Waals surface area contributed by atoms with Crippen LogP contribution in [0.25, 0.3) is 0 Å². The number of likely N-dealkylation sites (N-methyl/N-ethyl adjacent to an activating group) is 1. The predicted octanol–water partition coefficient (Wildman–Crippen LogP) is 5.21. The molecule has 12 heteroatoms. The summed E-state index contributed by atoms with van der Waals surface area (Å²) >= 11 is 2.96. The van der Waals surface area contributed by atoms with E-state index in [0.717, 1.165) is 18.3 Å². The normalized spacial score (nSPS) is 13.1. The summed E-state index contributed by atoms with van der Waals surface area (Å²) in [5, 5.41) is 0. The molecule has 0 saturated carbocycles. The molecule has 5 nitrogen and oxygen atoms in total. The van der Waals surface area contributed by atoms with Crippen LogP contribution in [-0.2, 0) is 12.4 Å². The molecule has 164 valence electrons. The number of aromatic nitrogens is 2. The van der Waals surface area contributed by atoms with Crippen molar-refractivity contribution in [1.82, 2.24) is 14.9 Å². The molecule has 0 aliphatic carbocycles. The molecule has 0 bridgehead atoms. The quantitative estimate of drug-likeness (QED) is 0.512. The highest BCUT2D eigenvalue weighted by Crippen LogP contribution is 2.31. The van der Waals surface area contributed by atoms with Gasteiger partial charge in [-0.1, -0.05) is 0 Å². The number of amides is 1. The lowest BCUT2D eigenvalue weighted by atomic mass is 10.2. The third-order valence-electron chi connectivity index (χ3n) is 4.04. The van der Waals surface area contributed by atoms with Crippen molar-refractivity contribution in [2.24, 2.45) is 0 Å². The van der Waals surface area contributed by atoms with Gasteiger partial charge in [-0.25, -0.2) is 4.98 Å². The maximum Gasteiger partial charge on any atom is 0.433 e. The molecule has 0 aliphatic heterocycles. The van der Waals surface area contributed by atoms with Gasteiger partial charge in [-0.3, -0.25) is 9.78 Å². The lowest BCUT2D eigenvalue weighted by Gasteiger charge is -2.28. The van der Waals surface area contributed by atoms with E-state index in [1.165, 1.54) is 4.90 Å². The minimum Gasteiger partial charge on any atom is -0.475 e. The third-order valence-corrected chi connectivity index (χ3v) is 4.70. The van der Waals surface area contributed by atoms with Gasteiger partial charge in [-0.05, 0) is 41.9 Å². The summed E-state index contributed by atoms with van der Waals surface area (Å²) in [6.45, 7) is 3.40. The van der Waals surface area contributed by atoms with Crippen LogP contribution >= 0.6 is 15.9 Å². The highest BCUT2D eigenvalue weighted by atomic mass is 79.9. The van der Waals surface area contributed by atoms with Gasteiger partial charge in [0.2, 0.25) is 5.88 Å². The fourth-order valence-electron chi connectivity index (χ4n) is 2.48. The Hall–Kier alpha value is -2.37. The summed E-state index contributed by atoms with van der Waals surface area (Å²) in [4.78, 5) is 21.0. The summed E-state index contributed by atoms with van der Waals surface area (Å²) in [6, 6.07) is 2.04. The van der Waals surface area contributed by atoms with E-state index in [1.54, 1.807) is 13.8 Å². The molecule has 1 amide bonds. The van der Waals surface area contributed by atoms with Crippen LogP contribution < -0.4 is 4.74 Å². The number of ether oxygens (including phenoxy) is 1. The van der Waals surface area contributed by atoms with E-state index < -0.39 is 35.6 Å². The van der Waals surface area contributed by atoms with Crippen molar-refractivity contribution in [2.75, 3.05) is 13.2 Å². The second-order valence-electron chi connectivity index (χ2n) is 6.18. The SMILES string of the molecule is CCN(C(=O)c1cnc(C(F)(F)F)cc1Br)C(C)COc1ccc(C(F)(F)F)cn1. The molecule has 2 rings (SSSR count). The zero-order valence-corrected chi connectivity index (χ0v) is 17.3. The first kappa shape index (κ1) is 23.9. The summed E-state index contributed by atoms with van der Waals surface area (Å²) in [5.74, 6) is -0.641. The Morgan fingerprint density at radius 3 is 2.27 bits per heavy atom. The van der Waals surface area contributed by atoms with Crippen LogP contribution in [-0.4, -0.2) is 40.0 Å². The van der Waals surface area contributed by atoms with Crippen LogP contribution in [0.5, 0.6) is 5.88 Å². The molecule has 0 fully saturated rings. The second-order valence-corrected chi connectivity index (χ2v) is 7.04. The van der Waals surface area contributed by atoms with Crippen LogP contribution in [0.3, 0.4) is 0 Å². The lowest BCUT2D eigenvalue weighted by molar-refractivity contribution is -0.141. The summed E-state index contributed by atoms with van der Waals surface area (Å²) in [7, 11) is 0. The van der Waals surface area contributed by atoms with Gasteiger partial charge in [-0.2, -0.15) is 26.3 Å². The Labute approximate surface area is 176 Å². The zero-order valence-electron chi connectivity index (χ0n) is 15.7. The number of hydrogen-bond donors (Lipinski definition) is 0. The monoisotopic (exact) mass is 499 g/mol. The van der Waals surface area contributed by atoms with E-state index in [0.29, 0.717) is 12.3 Å². The van der Waals surface area contributed by atoms with Gasteiger partial charge >= 0.3 is 12.4 Å². The smallest absolute Gasteiger partial charge is 0.433 e. The number of hydrogen-bond acceptors (Lipinski definition) is 4. The molecule has 30 heavy (non-hydrogen) atoms. The number of rotatable bonds is 6. The van der Waals surface area contributed by atoms with Crippen LogP contribution in [0.4, 0.5) is 26.3 Å². The van der Waals surface area contributed by atoms with Crippen LogP contribution in [0.15, 0.2) is 35.1 Å². The van der Waals surface area contributed by atoms with E-state index in [-0.39, 0.29) is 29.1 Å². The van der Waals surface area contributed by atoms with E-state index in [1.807, 2.05) is 0 Å². The van der Waals surface area contributed by atoms with Crippen molar-refractivity contribution in [1.29, 1.82) is 0 Å². The average molecular weight is 500 g/mol. The van der Waals surface area contributed by atoms with Crippen LogP contribution in [0, 0.1) is 0 Å². The highest BCUT2D eigenvalue weighted by Gasteiger charge is 2.34. The topological polar surface area (TPSA) is 55.3 Å². The molecule has 2 aromatic rings. The van der Waals surface area contributed by atoms with Gasteiger partial charge in [-0.15, -0.1) is 0 Å². The first-order valence-electron chi connectivity index (χ1n) is 8.54. The second kappa shape index (κ2) is 9.19. The number of nitrogens with zero attached hydrogens (tertiary/aromatic N) is 3. The van der Waals surface area contributed by atoms with E-state index >= 15 is 0 Å². The van der Waals surface area contributed by atoms with Crippen molar-refractivity contribution in [3.63, 3.8) is 0 Å². The molecule has 2 heterocycles. The standard InChI is InChI=1S/C18H16BrF6N3O2/c1-3-28(16(29)12-8-26-14(6-13(12)19)18(23,24)25)10(2)9-30-15-5-4-11(7-27-15)17(20,21)22/h4-8,10H,3,9H2,1-2H3. The molecule has 0 aromatic carbocycles. The number of halogens is 7. The largest absolute Gasteiger partial charge is 0.475 e. The molecule has 0 N–H and O–H groups in total. The number of alkyl halides is 6. The Bertz CT molecular complexity index is 887. The Morgan fingerprint density at radius 2 is 1.80 bits per heavy atom. The first-order valence-corrected chi connectivity index (χ1v) is 9.33. The zero-order chi connectivity index (χ0) is 22.7. The number of carbonyl (C=O) groups is 1. The minimum absolute atomic E-state index is 0.0595. The van der Waals surface area contributed by atoms with Crippen molar-refractivity contribution < 1.29 is 35.9 Å². The molecule has 1 atom stereocenters. The Morgan fingerprint density at radius 1 is 1.13 bits per heavy atom. The number of carbonyl (C=O) groups excluding carboxylic acids is 1. The maximum absolute atomic E-state index is 12.7. The van der Waals surface area contributed by atoms with Crippen molar-refractivity contribution in [3.05, 3.63) is 51.9 Å². The van der Waals surface area contributed by atoms with Gasteiger partial charge < -0.3 is 9.64 Å². The molecule has 0 aliphatic rings. The summed E-state index contributed by atoms with van der Waals surface area (Å²) in [6.07, 6.45) is -7.70. The molecule has 1 unspecified atom stereocenters. The predicted molar refractivity (Wildman–Crippen MR) is 97.8 cm³/mol. The van der Waals surface area contributed by atoms with E-state index in [9.17, 15) is 31.1 Å². The Kier molecular flexibility index (Phi) is 7.32. The summed E-state index contributed by atoms with van der Waals surface area (Å²) < 4.78 is 81.2. The third kappa shape index (κ3) is 5.83. The summed E-state index contributed by atoms with van der Waals surface area (Å²) in [5.41, 5.74) is -2.13.